The Morgan fingerprint density at radius 2 is 1.94 bits per heavy atom. The molecular weight excluding hydrogens is 212 g/mol. The molecule has 94 valence electrons. The van der Waals surface area contributed by atoms with E-state index in [0.717, 1.165) is 25.7 Å². The molecule has 0 aromatic carbocycles. The van der Waals surface area contributed by atoms with Gasteiger partial charge in [0.2, 0.25) is 0 Å². The number of rotatable bonds is 8. The Balaban J connectivity index is 3.61. The Labute approximate surface area is 95.0 Å². The minimum atomic E-state index is -1.25. The van der Waals surface area contributed by atoms with Gasteiger partial charge in [-0.05, 0) is 6.42 Å². The summed E-state index contributed by atoms with van der Waals surface area (Å²) in [5, 5.41) is 21.9. The van der Waals surface area contributed by atoms with E-state index < -0.39 is 24.6 Å². The molecule has 0 saturated carbocycles. The number of urea groups is 1. The van der Waals surface area contributed by atoms with Gasteiger partial charge in [0.05, 0.1) is 6.61 Å². The number of hydrogen-bond acceptors (Lipinski definition) is 3. The third kappa shape index (κ3) is 7.05. The van der Waals surface area contributed by atoms with E-state index in [1.165, 1.54) is 0 Å². The molecule has 0 radical (unpaired) electrons. The molecule has 0 bridgehead atoms. The zero-order valence-electron chi connectivity index (χ0n) is 9.53. The molecule has 0 saturated heterocycles. The predicted molar refractivity (Wildman–Crippen MR) is 59.2 cm³/mol. The first-order valence-corrected chi connectivity index (χ1v) is 5.49. The highest BCUT2D eigenvalue weighted by Gasteiger charge is 2.17. The quantitative estimate of drug-likeness (QED) is 0.453. The molecule has 0 aliphatic rings. The summed E-state index contributed by atoms with van der Waals surface area (Å²) < 4.78 is 0. The maximum atomic E-state index is 11.2. The molecule has 0 heterocycles. The van der Waals surface area contributed by atoms with Gasteiger partial charge in [-0.1, -0.05) is 26.2 Å². The minimum absolute atomic E-state index is 0.517. The van der Waals surface area contributed by atoms with Crippen LogP contribution in [0.4, 0.5) is 4.79 Å². The van der Waals surface area contributed by atoms with Gasteiger partial charge in [-0.15, -0.1) is 0 Å². The van der Waals surface area contributed by atoms with Crippen molar-refractivity contribution in [2.45, 2.75) is 38.6 Å². The first kappa shape index (κ1) is 14.7. The van der Waals surface area contributed by atoms with Crippen molar-refractivity contribution in [1.29, 1.82) is 0 Å². The standard InChI is InChI=1S/C10H20N2O4/c1-2-3-4-5-6-11-10(16)12-8(7-13)9(14)15/h8,13H,2-7H2,1H3,(H,14,15)(H2,11,12,16)/t8-/m1/s1. The smallest absolute Gasteiger partial charge is 0.328 e. The lowest BCUT2D eigenvalue weighted by Gasteiger charge is -2.12. The van der Waals surface area contributed by atoms with Crippen molar-refractivity contribution < 1.29 is 19.8 Å². The fourth-order valence-corrected chi connectivity index (χ4v) is 1.15. The van der Waals surface area contributed by atoms with E-state index >= 15 is 0 Å². The summed E-state index contributed by atoms with van der Waals surface area (Å²) in [7, 11) is 0. The topological polar surface area (TPSA) is 98.7 Å². The van der Waals surface area contributed by atoms with Crippen LogP contribution >= 0.6 is 0 Å². The molecule has 0 aliphatic heterocycles. The monoisotopic (exact) mass is 232 g/mol. The van der Waals surface area contributed by atoms with Crippen molar-refractivity contribution in [2.75, 3.05) is 13.2 Å². The van der Waals surface area contributed by atoms with Gasteiger partial charge in [0.15, 0.2) is 6.04 Å². The predicted octanol–water partition coefficient (Wildman–Crippen LogP) is 0.311. The van der Waals surface area contributed by atoms with Gasteiger partial charge in [-0.3, -0.25) is 0 Å². The van der Waals surface area contributed by atoms with E-state index in [-0.39, 0.29) is 0 Å². The van der Waals surface area contributed by atoms with E-state index in [4.69, 9.17) is 10.2 Å². The Hall–Kier alpha value is -1.30. The van der Waals surface area contributed by atoms with Crippen LogP contribution in [-0.4, -0.2) is 41.4 Å². The van der Waals surface area contributed by atoms with Crippen LogP contribution in [0.3, 0.4) is 0 Å². The van der Waals surface area contributed by atoms with Gasteiger partial charge in [-0.2, -0.15) is 0 Å². The number of nitrogens with one attached hydrogen (secondary N) is 2. The number of carbonyl (C=O) groups is 2. The van der Waals surface area contributed by atoms with Gasteiger partial charge < -0.3 is 20.8 Å². The number of carboxylic acids is 1. The molecule has 0 aromatic heterocycles. The Morgan fingerprint density at radius 3 is 2.44 bits per heavy atom. The van der Waals surface area contributed by atoms with E-state index in [1.807, 2.05) is 0 Å². The molecule has 4 N–H and O–H groups in total. The average Bonchev–Trinajstić information content (AvgIpc) is 2.25. The van der Waals surface area contributed by atoms with Crippen LogP contribution in [0.1, 0.15) is 32.6 Å². The molecule has 0 aromatic rings. The third-order valence-electron chi connectivity index (χ3n) is 2.10. The lowest BCUT2D eigenvalue weighted by Crippen LogP contribution is -2.48. The lowest BCUT2D eigenvalue weighted by atomic mass is 10.2. The molecule has 0 unspecified atom stereocenters. The summed E-state index contributed by atoms with van der Waals surface area (Å²) in [5.74, 6) is -1.25. The Morgan fingerprint density at radius 1 is 1.25 bits per heavy atom. The van der Waals surface area contributed by atoms with Gasteiger partial charge in [0, 0.05) is 6.54 Å². The highest BCUT2D eigenvalue weighted by molar-refractivity contribution is 5.82. The van der Waals surface area contributed by atoms with Gasteiger partial charge in [0.25, 0.3) is 0 Å². The molecule has 0 aliphatic carbocycles. The van der Waals surface area contributed by atoms with Crippen LogP contribution in [0.2, 0.25) is 0 Å². The van der Waals surface area contributed by atoms with Crippen molar-refractivity contribution in [2.24, 2.45) is 0 Å². The molecule has 6 nitrogen and oxygen atoms in total. The summed E-state index contributed by atoms with van der Waals surface area (Å²) in [6, 6.07) is -1.80. The van der Waals surface area contributed by atoms with E-state index in [9.17, 15) is 9.59 Å². The van der Waals surface area contributed by atoms with E-state index in [2.05, 4.69) is 17.6 Å². The summed E-state index contributed by atoms with van der Waals surface area (Å²) in [6.45, 7) is 2.00. The van der Waals surface area contributed by atoms with E-state index in [0.29, 0.717) is 6.54 Å². The summed E-state index contributed by atoms with van der Waals surface area (Å²) in [5.41, 5.74) is 0. The van der Waals surface area contributed by atoms with Crippen LogP contribution in [-0.2, 0) is 4.79 Å². The number of aliphatic hydroxyl groups excluding tert-OH is 1. The third-order valence-corrected chi connectivity index (χ3v) is 2.10. The normalized spacial score (nSPS) is 11.9. The maximum absolute atomic E-state index is 11.2. The maximum Gasteiger partial charge on any atom is 0.328 e. The van der Waals surface area contributed by atoms with Gasteiger partial charge >= 0.3 is 12.0 Å². The number of aliphatic carboxylic acids is 1. The summed E-state index contributed by atoms with van der Waals surface area (Å²) >= 11 is 0. The lowest BCUT2D eigenvalue weighted by molar-refractivity contribution is -0.140. The second kappa shape index (κ2) is 8.96. The minimum Gasteiger partial charge on any atom is -0.480 e. The molecule has 16 heavy (non-hydrogen) atoms. The Bertz CT molecular complexity index is 221. The summed E-state index contributed by atoms with van der Waals surface area (Å²) in [4.78, 5) is 21.6. The van der Waals surface area contributed by atoms with Crippen molar-refractivity contribution >= 4 is 12.0 Å². The first-order valence-electron chi connectivity index (χ1n) is 5.49. The molecular formula is C10H20N2O4. The number of amides is 2. The van der Waals surface area contributed by atoms with Crippen molar-refractivity contribution in [1.82, 2.24) is 10.6 Å². The molecule has 0 rings (SSSR count). The largest absolute Gasteiger partial charge is 0.480 e. The van der Waals surface area contributed by atoms with Crippen LogP contribution in [0.5, 0.6) is 0 Å². The number of carboxylic acid groups (broad SMARTS) is 1. The van der Waals surface area contributed by atoms with E-state index in [1.54, 1.807) is 0 Å². The van der Waals surface area contributed by atoms with Crippen LogP contribution < -0.4 is 10.6 Å². The number of unbranched alkanes of at least 4 members (excludes halogenated alkanes) is 3. The zero-order chi connectivity index (χ0) is 12.4. The molecule has 0 spiro atoms. The highest BCUT2D eigenvalue weighted by Crippen LogP contribution is 1.96. The number of aliphatic hydroxyl groups is 1. The number of carbonyl (C=O) groups excluding carboxylic acids is 1. The fraction of sp³-hybridized carbons (Fsp3) is 0.800. The molecule has 1 atom stereocenters. The highest BCUT2D eigenvalue weighted by atomic mass is 16.4. The Kier molecular flexibility index (Phi) is 8.24. The molecule has 0 fully saturated rings. The van der Waals surface area contributed by atoms with Gasteiger partial charge in [0.1, 0.15) is 0 Å². The molecule has 2 amide bonds. The van der Waals surface area contributed by atoms with Gasteiger partial charge in [-0.25, -0.2) is 9.59 Å². The summed E-state index contributed by atoms with van der Waals surface area (Å²) in [6.07, 6.45) is 4.16. The average molecular weight is 232 g/mol. The van der Waals surface area contributed by atoms with Crippen molar-refractivity contribution in [3.05, 3.63) is 0 Å². The van der Waals surface area contributed by atoms with Crippen LogP contribution in [0.15, 0.2) is 0 Å². The van der Waals surface area contributed by atoms with Crippen LogP contribution in [0, 0.1) is 0 Å². The second-order valence-corrected chi connectivity index (χ2v) is 3.53. The van der Waals surface area contributed by atoms with Crippen molar-refractivity contribution in [3.8, 4) is 0 Å². The van der Waals surface area contributed by atoms with Crippen LogP contribution in [0.25, 0.3) is 0 Å². The second-order valence-electron chi connectivity index (χ2n) is 3.53. The number of hydrogen-bond donors (Lipinski definition) is 4. The fourth-order valence-electron chi connectivity index (χ4n) is 1.15. The van der Waals surface area contributed by atoms with Crippen molar-refractivity contribution in [3.63, 3.8) is 0 Å². The SMILES string of the molecule is CCCCCCNC(=O)N[C@H](CO)C(=O)O. The zero-order valence-corrected chi connectivity index (χ0v) is 9.53. The molecule has 6 heteroatoms. The first-order chi connectivity index (χ1) is 7.61.